The molecule has 4 aliphatic heterocycles. The summed E-state index contributed by atoms with van der Waals surface area (Å²) in [7, 11) is 9.29. The molecule has 6 heterocycles. The molecule has 2 aromatic rings. The molecule has 0 amide bonds. The molecule has 4 fully saturated rings. The van der Waals surface area contributed by atoms with Gasteiger partial charge in [0.25, 0.3) is 0 Å². The van der Waals surface area contributed by atoms with Gasteiger partial charge in [-0.15, -0.1) is 0 Å². The summed E-state index contributed by atoms with van der Waals surface area (Å²) in [6.07, 6.45) is 19.0. The predicted octanol–water partition coefficient (Wildman–Crippen LogP) is 14.2. The Morgan fingerprint density at radius 3 is 0.605 bits per heavy atom. The zero-order chi connectivity index (χ0) is 64.2. The van der Waals surface area contributed by atoms with E-state index < -0.39 is 0 Å². The van der Waals surface area contributed by atoms with Crippen LogP contribution < -0.4 is 29.4 Å². The molecule has 0 bridgehead atoms. The van der Waals surface area contributed by atoms with Crippen molar-refractivity contribution in [1.82, 2.24) is 49.5 Å². The summed E-state index contributed by atoms with van der Waals surface area (Å²) in [5.41, 5.74) is 0.00333. The Bertz CT molecular complexity index is 2050. The second-order valence-corrected chi connectivity index (χ2v) is 32.6. The molecule has 0 aromatic carbocycles. The molecule has 0 atom stereocenters. The van der Waals surface area contributed by atoms with Crippen molar-refractivity contribution in [3.05, 3.63) is 0 Å². The summed E-state index contributed by atoms with van der Waals surface area (Å²) in [4.78, 5) is 60.5. The SMILES string of the molecule is CCCCN(c1nc(N(CCC)CCN(CCC)c2nc(N(CCCC)C3CC(C)(C)N(C)C(C)(C)C3)nc(N(CCCC)C3CC(C)(C)N(C)C(C)(C)C3)n2)nc(N(CCCC)C2CC(C)(C)N(C)C(C)(C)C2)n1)C1CC(C)(C)N(C)C(C)(C)C1. The molecule has 16 heteroatoms. The monoisotopic (exact) mass is 1200 g/mol. The average Bonchev–Trinajstić information content (AvgIpc) is 0.913. The van der Waals surface area contributed by atoms with Gasteiger partial charge < -0.3 is 29.4 Å². The highest BCUT2D eigenvalue weighted by molar-refractivity contribution is 5.51. The van der Waals surface area contributed by atoms with Gasteiger partial charge in [-0.05, 0) is 229 Å². The summed E-state index contributed by atoms with van der Waals surface area (Å²) in [5, 5.41) is 0. The van der Waals surface area contributed by atoms with E-state index in [0.29, 0.717) is 13.1 Å². The number of likely N-dealkylation sites (tertiary alicyclic amines) is 4. The Kier molecular flexibility index (Phi) is 23.7. The van der Waals surface area contributed by atoms with Gasteiger partial charge in [-0.2, -0.15) is 29.9 Å². The van der Waals surface area contributed by atoms with Crippen LogP contribution in [0.4, 0.5) is 35.7 Å². The molecule has 86 heavy (non-hydrogen) atoms. The Hall–Kier alpha value is -3.34. The van der Waals surface area contributed by atoms with E-state index in [0.717, 1.165) is 191 Å². The number of unbranched alkanes of at least 4 members (excludes halogenated alkanes) is 4. The summed E-state index contributed by atoms with van der Waals surface area (Å²) >= 11 is 0. The van der Waals surface area contributed by atoms with E-state index in [4.69, 9.17) is 29.9 Å². The molecule has 6 rings (SSSR count). The molecule has 16 nitrogen and oxygen atoms in total. The van der Waals surface area contributed by atoms with Crippen LogP contribution in [0.25, 0.3) is 0 Å². The summed E-state index contributed by atoms with van der Waals surface area (Å²) < 4.78 is 0. The predicted molar refractivity (Wildman–Crippen MR) is 369 cm³/mol. The van der Waals surface area contributed by atoms with Gasteiger partial charge in [-0.1, -0.05) is 67.2 Å². The largest absolute Gasteiger partial charge is 0.339 e. The molecule has 0 spiro atoms. The number of anilines is 6. The molecule has 4 aliphatic rings. The zero-order valence-electron chi connectivity index (χ0n) is 60.8. The molecule has 494 valence electrons. The second kappa shape index (κ2) is 28.4. The Morgan fingerprint density at radius 2 is 0.442 bits per heavy atom. The zero-order valence-corrected chi connectivity index (χ0v) is 60.8. The van der Waals surface area contributed by atoms with Gasteiger partial charge in [-0.25, -0.2) is 0 Å². The van der Waals surface area contributed by atoms with Gasteiger partial charge in [0.05, 0.1) is 0 Å². The van der Waals surface area contributed by atoms with Crippen molar-refractivity contribution >= 4 is 35.7 Å². The number of piperidine rings is 4. The molecule has 0 saturated carbocycles. The minimum Gasteiger partial charge on any atom is -0.339 e. The van der Waals surface area contributed by atoms with E-state index in [1.165, 1.54) is 0 Å². The van der Waals surface area contributed by atoms with Crippen LogP contribution in [-0.2, 0) is 0 Å². The number of aromatic nitrogens is 6. The highest BCUT2D eigenvalue weighted by Gasteiger charge is 2.50. The average molecular weight is 1200 g/mol. The Morgan fingerprint density at radius 1 is 0.267 bits per heavy atom. The normalized spacial score (nSPS) is 22.7. The highest BCUT2D eigenvalue weighted by Crippen LogP contribution is 2.45. The third kappa shape index (κ3) is 16.6. The molecule has 0 aliphatic carbocycles. The summed E-state index contributed by atoms with van der Waals surface area (Å²) in [6.45, 7) is 59.5. The lowest BCUT2D eigenvalue weighted by atomic mass is 9.77. The molecular weight excluding hydrogens is 1060 g/mol. The van der Waals surface area contributed by atoms with Crippen LogP contribution in [0.5, 0.6) is 0 Å². The van der Waals surface area contributed by atoms with Crippen molar-refractivity contribution in [2.45, 2.75) is 336 Å². The van der Waals surface area contributed by atoms with Crippen molar-refractivity contribution in [1.29, 1.82) is 0 Å². The fourth-order valence-electron chi connectivity index (χ4n) is 16.1. The summed E-state index contributed by atoms with van der Waals surface area (Å²) in [5.74, 6) is 4.93. The van der Waals surface area contributed by atoms with Crippen LogP contribution in [-0.4, -0.2) is 199 Å². The maximum Gasteiger partial charge on any atom is 0.232 e. The van der Waals surface area contributed by atoms with Crippen LogP contribution in [0.2, 0.25) is 0 Å². The first-order chi connectivity index (χ1) is 40.0. The van der Waals surface area contributed by atoms with Crippen molar-refractivity contribution in [3.8, 4) is 0 Å². The van der Waals surface area contributed by atoms with Gasteiger partial charge in [-0.3, -0.25) is 19.6 Å². The van der Waals surface area contributed by atoms with Gasteiger partial charge in [0.2, 0.25) is 35.7 Å². The van der Waals surface area contributed by atoms with Crippen LogP contribution in [0.1, 0.15) is 268 Å². The molecule has 0 N–H and O–H groups in total. The van der Waals surface area contributed by atoms with E-state index in [1.54, 1.807) is 0 Å². The topological polar surface area (TPSA) is 110 Å². The fraction of sp³-hybridized carbons (Fsp3) is 0.914. The minimum atomic E-state index is 0.000416. The van der Waals surface area contributed by atoms with Crippen molar-refractivity contribution < 1.29 is 0 Å². The smallest absolute Gasteiger partial charge is 0.232 e. The maximum atomic E-state index is 5.77. The van der Waals surface area contributed by atoms with E-state index in [2.05, 4.69) is 230 Å². The number of hydrogen-bond acceptors (Lipinski definition) is 16. The van der Waals surface area contributed by atoms with E-state index in [9.17, 15) is 0 Å². The van der Waals surface area contributed by atoms with Crippen LogP contribution >= 0.6 is 0 Å². The van der Waals surface area contributed by atoms with Crippen LogP contribution in [0.3, 0.4) is 0 Å². The molecule has 2 aromatic heterocycles. The number of rotatable bonds is 29. The second-order valence-electron chi connectivity index (χ2n) is 32.6. The van der Waals surface area contributed by atoms with Crippen molar-refractivity contribution in [3.63, 3.8) is 0 Å². The van der Waals surface area contributed by atoms with E-state index in [1.807, 2.05) is 0 Å². The van der Waals surface area contributed by atoms with Crippen LogP contribution in [0.15, 0.2) is 0 Å². The standard InChI is InChI=1S/C70H134N16/c1-27-33-39-83(53-45-63(7,8)77(23)64(9,10)46-53)59-71-57(72-60(75-59)84(40-34-28-2)54-47-65(11,12)78(24)66(13,14)48-54)81(37-31-5)43-44-82(38-32-6)58-73-61(85(41-35-29-3)55-49-67(15,16)79(25)68(17,18)50-55)76-62(74-58)86(42-36-30-4)56-51-69(19,20)80(26)70(21,22)52-56/h53-56H,27-52H2,1-26H3. The number of hydrogen-bond donors (Lipinski definition) is 0. The third-order valence-electron chi connectivity index (χ3n) is 22.3. The van der Waals surface area contributed by atoms with Crippen molar-refractivity contribution in [2.75, 3.05) is 110 Å². The van der Waals surface area contributed by atoms with E-state index >= 15 is 0 Å². The third-order valence-corrected chi connectivity index (χ3v) is 22.3. The van der Waals surface area contributed by atoms with E-state index in [-0.39, 0.29) is 68.5 Å². The fourth-order valence-corrected chi connectivity index (χ4v) is 16.1. The van der Waals surface area contributed by atoms with Crippen LogP contribution in [0, 0.1) is 0 Å². The molecule has 4 saturated heterocycles. The van der Waals surface area contributed by atoms with Gasteiger partial charge >= 0.3 is 0 Å². The first-order valence-corrected chi connectivity index (χ1v) is 35.0. The molecule has 0 unspecified atom stereocenters. The first kappa shape index (κ1) is 71.7. The lowest BCUT2D eigenvalue weighted by molar-refractivity contribution is -0.0135. The number of nitrogens with zero attached hydrogens (tertiary/aromatic N) is 16. The quantitative estimate of drug-likeness (QED) is 0.0770. The lowest BCUT2D eigenvalue weighted by Gasteiger charge is -2.56. The highest BCUT2D eigenvalue weighted by atomic mass is 15.4. The lowest BCUT2D eigenvalue weighted by Crippen LogP contribution is -2.63. The maximum absolute atomic E-state index is 5.77. The van der Waals surface area contributed by atoms with Gasteiger partial charge in [0.15, 0.2) is 0 Å². The molecule has 0 radical (unpaired) electrons. The molecular formula is C70H134N16. The Balaban J connectivity index is 1.55. The van der Waals surface area contributed by atoms with Gasteiger partial charge in [0.1, 0.15) is 0 Å². The summed E-state index contributed by atoms with van der Waals surface area (Å²) in [6, 6.07) is 1.09. The Labute approximate surface area is 529 Å². The van der Waals surface area contributed by atoms with Crippen molar-refractivity contribution in [2.24, 2.45) is 0 Å². The first-order valence-electron chi connectivity index (χ1n) is 35.0. The minimum absolute atomic E-state index is 0.000416. The van der Waals surface area contributed by atoms with Gasteiger partial charge in [0, 0.05) is 121 Å².